The van der Waals surface area contributed by atoms with Gasteiger partial charge in [-0.1, -0.05) is 30.3 Å². The monoisotopic (exact) mass is 463 g/mol. The summed E-state index contributed by atoms with van der Waals surface area (Å²) in [6.45, 7) is 5.15. The smallest absolute Gasteiger partial charge is 0.460 e. The third kappa shape index (κ3) is 3.90. The van der Waals surface area contributed by atoms with Crippen molar-refractivity contribution in [2.75, 3.05) is 6.61 Å². The standard InChI is InChI=1S/C21H25N3O7S/c1-10-12(31-20(28)30-10)9-29-19(27)15-21(2,3)32-18-14(17(26)24(15)18)23-16(25)13(22)11-7-5-4-6-8-11/h4-8,10,12-15,18H,9,22H2,1-3H3,(H,23,25)/t10-,12+,13+,14-,15-,18+/m0/s1. The van der Waals surface area contributed by atoms with E-state index in [2.05, 4.69) is 5.32 Å². The summed E-state index contributed by atoms with van der Waals surface area (Å²) in [6, 6.07) is 6.35. The van der Waals surface area contributed by atoms with Gasteiger partial charge in [-0.05, 0) is 26.3 Å². The van der Waals surface area contributed by atoms with Crippen molar-refractivity contribution in [2.24, 2.45) is 5.73 Å². The zero-order valence-electron chi connectivity index (χ0n) is 17.8. The van der Waals surface area contributed by atoms with Crippen molar-refractivity contribution < 1.29 is 33.4 Å². The van der Waals surface area contributed by atoms with Crippen molar-refractivity contribution in [2.45, 2.75) is 61.2 Å². The quantitative estimate of drug-likeness (QED) is 0.461. The Hall–Kier alpha value is -2.79. The number of carbonyl (C=O) groups excluding carboxylic acids is 4. The Morgan fingerprint density at radius 2 is 1.94 bits per heavy atom. The molecule has 6 atom stereocenters. The lowest BCUT2D eigenvalue weighted by Crippen LogP contribution is -2.71. The van der Waals surface area contributed by atoms with Crippen molar-refractivity contribution in [3.8, 4) is 0 Å². The molecule has 2 amide bonds. The molecule has 3 heterocycles. The number of carbonyl (C=O) groups is 4. The summed E-state index contributed by atoms with van der Waals surface area (Å²) in [5.41, 5.74) is 6.67. The van der Waals surface area contributed by atoms with Crippen molar-refractivity contribution in [1.29, 1.82) is 0 Å². The predicted molar refractivity (Wildman–Crippen MR) is 113 cm³/mol. The second-order valence-corrected chi connectivity index (χ2v) is 10.3. The Morgan fingerprint density at radius 1 is 1.25 bits per heavy atom. The average molecular weight is 464 g/mol. The second-order valence-electron chi connectivity index (χ2n) is 8.49. The zero-order chi connectivity index (χ0) is 23.2. The molecule has 0 aromatic heterocycles. The summed E-state index contributed by atoms with van der Waals surface area (Å²) in [5.74, 6) is -1.43. The average Bonchev–Trinajstić information content (AvgIpc) is 3.22. The number of thioether (sulfide) groups is 1. The van der Waals surface area contributed by atoms with E-state index in [1.807, 2.05) is 19.9 Å². The van der Waals surface area contributed by atoms with Crippen LogP contribution in [0.2, 0.25) is 0 Å². The molecule has 0 saturated carbocycles. The summed E-state index contributed by atoms with van der Waals surface area (Å²) in [7, 11) is 0. The molecule has 3 aliphatic rings. The van der Waals surface area contributed by atoms with Gasteiger partial charge in [-0.15, -0.1) is 11.8 Å². The van der Waals surface area contributed by atoms with E-state index in [1.54, 1.807) is 31.2 Å². The van der Waals surface area contributed by atoms with E-state index < -0.39 is 58.5 Å². The van der Waals surface area contributed by atoms with Gasteiger partial charge in [0.25, 0.3) is 0 Å². The molecule has 3 aliphatic heterocycles. The number of nitrogens with two attached hydrogens (primary N) is 1. The van der Waals surface area contributed by atoms with Gasteiger partial charge in [0.2, 0.25) is 11.8 Å². The molecule has 4 rings (SSSR count). The van der Waals surface area contributed by atoms with Gasteiger partial charge in [0.1, 0.15) is 36.2 Å². The third-order valence-corrected chi connectivity index (χ3v) is 7.42. The maximum absolute atomic E-state index is 12.9. The van der Waals surface area contributed by atoms with E-state index in [4.69, 9.17) is 19.9 Å². The van der Waals surface area contributed by atoms with Crippen LogP contribution in [0.15, 0.2) is 30.3 Å². The van der Waals surface area contributed by atoms with Gasteiger partial charge < -0.3 is 30.2 Å². The van der Waals surface area contributed by atoms with Crippen LogP contribution in [0.25, 0.3) is 0 Å². The van der Waals surface area contributed by atoms with Crippen LogP contribution in [0.4, 0.5) is 4.79 Å². The SMILES string of the molecule is C[C@@H]1OC(=O)O[C@@H]1COC(=O)[C@@H]1N2C(=O)[C@H](NC(=O)[C@H](N)c3ccccc3)[C@H]2SC1(C)C. The van der Waals surface area contributed by atoms with E-state index >= 15 is 0 Å². The minimum absolute atomic E-state index is 0.165. The summed E-state index contributed by atoms with van der Waals surface area (Å²) < 4.78 is 14.5. The molecule has 32 heavy (non-hydrogen) atoms. The zero-order valence-corrected chi connectivity index (χ0v) is 18.7. The Morgan fingerprint density at radius 3 is 2.56 bits per heavy atom. The van der Waals surface area contributed by atoms with Crippen molar-refractivity contribution in [1.82, 2.24) is 10.2 Å². The third-order valence-electron chi connectivity index (χ3n) is 5.85. The first-order chi connectivity index (χ1) is 15.1. The first kappa shape index (κ1) is 22.4. The van der Waals surface area contributed by atoms with Gasteiger partial charge >= 0.3 is 12.1 Å². The van der Waals surface area contributed by atoms with Crippen LogP contribution in [0, 0.1) is 0 Å². The van der Waals surface area contributed by atoms with Crippen molar-refractivity contribution in [3.05, 3.63) is 35.9 Å². The highest BCUT2D eigenvalue weighted by Gasteiger charge is 2.64. The highest BCUT2D eigenvalue weighted by Crippen LogP contribution is 2.51. The van der Waals surface area contributed by atoms with Crippen molar-refractivity contribution >= 4 is 35.7 Å². The van der Waals surface area contributed by atoms with Crippen LogP contribution < -0.4 is 11.1 Å². The van der Waals surface area contributed by atoms with Crippen LogP contribution in [0.3, 0.4) is 0 Å². The summed E-state index contributed by atoms with van der Waals surface area (Å²) in [6.07, 6.45) is -2.04. The molecule has 3 saturated heterocycles. The molecule has 0 radical (unpaired) electrons. The number of benzene rings is 1. The van der Waals surface area contributed by atoms with Crippen LogP contribution in [0.5, 0.6) is 0 Å². The van der Waals surface area contributed by atoms with E-state index in [0.29, 0.717) is 5.56 Å². The summed E-state index contributed by atoms with van der Waals surface area (Å²) >= 11 is 1.41. The number of fused-ring (bicyclic) bond motifs is 1. The van der Waals surface area contributed by atoms with Crippen LogP contribution in [-0.4, -0.2) is 69.9 Å². The minimum Gasteiger partial charge on any atom is -0.460 e. The molecule has 10 nitrogen and oxygen atoms in total. The van der Waals surface area contributed by atoms with Gasteiger partial charge in [0.15, 0.2) is 6.10 Å². The summed E-state index contributed by atoms with van der Waals surface area (Å²) in [5, 5.41) is 2.31. The Kier molecular flexibility index (Phi) is 5.80. The van der Waals surface area contributed by atoms with Crippen LogP contribution >= 0.6 is 11.8 Å². The first-order valence-corrected chi connectivity index (χ1v) is 11.1. The number of hydrogen-bond donors (Lipinski definition) is 2. The van der Waals surface area contributed by atoms with E-state index in [0.717, 1.165) is 0 Å². The number of cyclic esters (lactones) is 2. The van der Waals surface area contributed by atoms with E-state index in [-0.39, 0.29) is 12.5 Å². The number of ether oxygens (including phenoxy) is 3. The molecule has 0 aliphatic carbocycles. The topological polar surface area (TPSA) is 137 Å². The Labute approximate surface area is 189 Å². The molecule has 0 bridgehead atoms. The lowest BCUT2D eigenvalue weighted by molar-refractivity contribution is -0.166. The molecule has 0 spiro atoms. The number of rotatable bonds is 6. The Bertz CT molecular complexity index is 941. The summed E-state index contributed by atoms with van der Waals surface area (Å²) in [4.78, 5) is 50.9. The molecular weight excluding hydrogens is 438 g/mol. The number of β-lactam (4-membered cyclic amide) rings is 1. The lowest BCUT2D eigenvalue weighted by Gasteiger charge is -2.44. The van der Waals surface area contributed by atoms with Crippen LogP contribution in [0.1, 0.15) is 32.4 Å². The molecule has 11 heteroatoms. The van der Waals surface area contributed by atoms with Gasteiger partial charge in [-0.25, -0.2) is 9.59 Å². The lowest BCUT2D eigenvalue weighted by atomic mass is 9.95. The molecular formula is C21H25N3O7S. The first-order valence-electron chi connectivity index (χ1n) is 10.2. The maximum atomic E-state index is 12.9. The highest BCUT2D eigenvalue weighted by atomic mass is 32.2. The van der Waals surface area contributed by atoms with E-state index in [1.165, 1.54) is 16.7 Å². The van der Waals surface area contributed by atoms with Gasteiger partial charge in [-0.3, -0.25) is 9.59 Å². The number of hydrogen-bond acceptors (Lipinski definition) is 9. The van der Waals surface area contributed by atoms with Crippen molar-refractivity contribution in [3.63, 3.8) is 0 Å². The van der Waals surface area contributed by atoms with Gasteiger partial charge in [0.05, 0.1) is 0 Å². The highest BCUT2D eigenvalue weighted by molar-refractivity contribution is 8.01. The van der Waals surface area contributed by atoms with Gasteiger partial charge in [-0.2, -0.15) is 0 Å². The fraction of sp³-hybridized carbons (Fsp3) is 0.524. The normalized spacial score (nSPS) is 31.1. The van der Waals surface area contributed by atoms with Crippen LogP contribution in [-0.2, 0) is 28.6 Å². The molecule has 0 unspecified atom stereocenters. The molecule has 1 aromatic carbocycles. The fourth-order valence-corrected chi connectivity index (χ4v) is 5.69. The number of nitrogens with zero attached hydrogens (tertiary/aromatic N) is 1. The maximum Gasteiger partial charge on any atom is 0.509 e. The van der Waals surface area contributed by atoms with Gasteiger partial charge in [0, 0.05) is 4.75 Å². The molecule has 172 valence electrons. The molecule has 3 N–H and O–H groups in total. The Balaban J connectivity index is 1.39. The molecule has 3 fully saturated rings. The number of amides is 2. The minimum atomic E-state index is -0.906. The van der Waals surface area contributed by atoms with E-state index in [9.17, 15) is 19.2 Å². The predicted octanol–water partition coefficient (Wildman–Crippen LogP) is 0.701. The number of esters is 1. The fourth-order valence-electron chi connectivity index (χ4n) is 4.07. The molecule has 1 aromatic rings. The largest absolute Gasteiger partial charge is 0.509 e. The number of nitrogens with one attached hydrogen (secondary N) is 1. The second kappa shape index (κ2) is 8.28.